The molecule has 0 bridgehead atoms. The van der Waals surface area contributed by atoms with Crippen molar-refractivity contribution in [2.75, 3.05) is 33.4 Å². The summed E-state index contributed by atoms with van der Waals surface area (Å²) in [7, 11) is 1.32. The molecule has 0 aliphatic carbocycles. The zero-order valence-corrected chi connectivity index (χ0v) is 14.8. The minimum atomic E-state index is -0.434. The van der Waals surface area contributed by atoms with Gasteiger partial charge >= 0.3 is 5.97 Å². The number of benzene rings is 2. The molecule has 0 unspecified atom stereocenters. The van der Waals surface area contributed by atoms with E-state index >= 15 is 0 Å². The highest BCUT2D eigenvalue weighted by Crippen LogP contribution is 2.21. The first-order valence-electron chi connectivity index (χ1n) is 8.61. The Bertz CT molecular complexity index is 763. The number of rotatable bonds is 5. The monoisotopic (exact) mass is 355 g/mol. The lowest BCUT2D eigenvalue weighted by molar-refractivity contribution is 0.0342. The number of hydrogen-bond acceptors (Lipinski definition) is 4. The summed E-state index contributed by atoms with van der Waals surface area (Å²) in [4.78, 5) is 13.8. The van der Waals surface area contributed by atoms with Crippen molar-refractivity contribution in [1.82, 2.24) is 4.90 Å². The van der Waals surface area contributed by atoms with Gasteiger partial charge < -0.3 is 9.47 Å². The second kappa shape index (κ2) is 8.74. The summed E-state index contributed by atoms with van der Waals surface area (Å²) in [5, 5.41) is 0. The standard InChI is InChI=1S/C21H22FNO3/c1-25-21(24)19-8-6-18(7-9-19)20(22)14-16-2-4-17(5-3-16)15-23-10-12-26-13-11-23/h2-9,14H,10-13,15H2,1H3/b20-14+. The molecule has 0 spiro atoms. The summed E-state index contributed by atoms with van der Waals surface area (Å²) in [5.74, 6) is -0.779. The average Bonchev–Trinajstić information content (AvgIpc) is 2.70. The Kier molecular flexibility index (Phi) is 6.15. The van der Waals surface area contributed by atoms with E-state index in [1.165, 1.54) is 18.7 Å². The highest BCUT2D eigenvalue weighted by atomic mass is 19.1. The van der Waals surface area contributed by atoms with E-state index < -0.39 is 5.97 Å². The summed E-state index contributed by atoms with van der Waals surface area (Å²) in [6, 6.07) is 14.1. The van der Waals surface area contributed by atoms with Gasteiger partial charge in [0.2, 0.25) is 0 Å². The molecule has 2 aromatic rings. The van der Waals surface area contributed by atoms with Gasteiger partial charge in [-0.1, -0.05) is 36.4 Å². The van der Waals surface area contributed by atoms with E-state index in [-0.39, 0.29) is 5.83 Å². The van der Waals surface area contributed by atoms with Crippen LogP contribution >= 0.6 is 0 Å². The van der Waals surface area contributed by atoms with Gasteiger partial charge in [-0.25, -0.2) is 9.18 Å². The fraction of sp³-hybridized carbons (Fsp3) is 0.286. The molecule has 0 amide bonds. The second-order valence-corrected chi connectivity index (χ2v) is 6.19. The maximum absolute atomic E-state index is 14.4. The summed E-state index contributed by atoms with van der Waals surface area (Å²) < 4.78 is 24.4. The number of hydrogen-bond donors (Lipinski definition) is 0. The molecule has 5 heteroatoms. The minimum Gasteiger partial charge on any atom is -0.465 e. The molecule has 1 heterocycles. The molecule has 26 heavy (non-hydrogen) atoms. The molecule has 1 aliphatic heterocycles. The number of methoxy groups -OCH3 is 1. The Morgan fingerprint density at radius 2 is 1.69 bits per heavy atom. The van der Waals surface area contributed by atoms with Crippen LogP contribution in [0.4, 0.5) is 4.39 Å². The number of halogens is 1. The van der Waals surface area contributed by atoms with Crippen LogP contribution in [0.3, 0.4) is 0 Å². The lowest BCUT2D eigenvalue weighted by Gasteiger charge is -2.26. The van der Waals surface area contributed by atoms with Crippen LogP contribution in [0.1, 0.15) is 27.0 Å². The Morgan fingerprint density at radius 1 is 1.08 bits per heavy atom. The SMILES string of the molecule is COC(=O)c1ccc(/C(F)=C\c2ccc(CN3CCOCC3)cc2)cc1. The molecule has 0 N–H and O–H groups in total. The van der Waals surface area contributed by atoms with Crippen LogP contribution in [0.15, 0.2) is 48.5 Å². The number of ether oxygens (including phenoxy) is 2. The van der Waals surface area contributed by atoms with E-state index in [4.69, 9.17) is 4.74 Å². The lowest BCUT2D eigenvalue weighted by Crippen LogP contribution is -2.35. The van der Waals surface area contributed by atoms with E-state index in [0.29, 0.717) is 11.1 Å². The van der Waals surface area contributed by atoms with Crippen molar-refractivity contribution in [3.8, 4) is 0 Å². The first kappa shape index (κ1) is 18.3. The number of carbonyl (C=O) groups is 1. The second-order valence-electron chi connectivity index (χ2n) is 6.19. The van der Waals surface area contributed by atoms with Crippen LogP contribution in [-0.4, -0.2) is 44.3 Å². The zero-order chi connectivity index (χ0) is 18.4. The summed E-state index contributed by atoms with van der Waals surface area (Å²) in [5.41, 5.74) is 2.82. The van der Waals surface area contributed by atoms with Gasteiger partial charge in [-0.15, -0.1) is 0 Å². The van der Waals surface area contributed by atoms with Gasteiger partial charge in [0.1, 0.15) is 5.83 Å². The minimum absolute atomic E-state index is 0.345. The Labute approximate surface area is 152 Å². The van der Waals surface area contributed by atoms with Gasteiger partial charge in [0, 0.05) is 25.2 Å². The quantitative estimate of drug-likeness (QED) is 0.604. The number of carbonyl (C=O) groups excluding carboxylic acids is 1. The third kappa shape index (κ3) is 4.77. The lowest BCUT2D eigenvalue weighted by atomic mass is 10.1. The van der Waals surface area contributed by atoms with Crippen molar-refractivity contribution >= 4 is 17.9 Å². The molecule has 1 aliphatic rings. The predicted molar refractivity (Wildman–Crippen MR) is 99.3 cm³/mol. The molecule has 0 atom stereocenters. The maximum Gasteiger partial charge on any atom is 0.337 e. The van der Waals surface area contributed by atoms with Gasteiger partial charge in [-0.3, -0.25) is 4.90 Å². The Hall–Kier alpha value is -2.50. The van der Waals surface area contributed by atoms with Gasteiger partial charge in [0.05, 0.1) is 25.9 Å². The smallest absolute Gasteiger partial charge is 0.337 e. The van der Waals surface area contributed by atoms with Crippen molar-refractivity contribution in [2.45, 2.75) is 6.54 Å². The summed E-state index contributed by atoms with van der Waals surface area (Å²) >= 11 is 0. The number of morpholine rings is 1. The first-order chi connectivity index (χ1) is 12.7. The molecule has 1 saturated heterocycles. The Morgan fingerprint density at radius 3 is 2.31 bits per heavy atom. The predicted octanol–water partition coefficient (Wildman–Crippen LogP) is 3.77. The highest BCUT2D eigenvalue weighted by molar-refractivity contribution is 5.90. The molecule has 0 aromatic heterocycles. The van der Waals surface area contributed by atoms with E-state index in [9.17, 15) is 9.18 Å². The van der Waals surface area contributed by atoms with Crippen LogP contribution in [0.2, 0.25) is 0 Å². The van der Waals surface area contributed by atoms with Gasteiger partial charge in [-0.05, 0) is 29.3 Å². The molecular formula is C21H22FNO3. The molecule has 2 aromatic carbocycles. The molecule has 0 saturated carbocycles. The number of esters is 1. The van der Waals surface area contributed by atoms with E-state index in [1.807, 2.05) is 24.3 Å². The molecular weight excluding hydrogens is 333 g/mol. The van der Waals surface area contributed by atoms with Crippen molar-refractivity contribution in [2.24, 2.45) is 0 Å². The third-order valence-corrected chi connectivity index (χ3v) is 4.36. The molecule has 4 nitrogen and oxygen atoms in total. The normalized spacial score (nSPS) is 15.7. The van der Waals surface area contributed by atoms with E-state index in [0.717, 1.165) is 38.4 Å². The fourth-order valence-electron chi connectivity index (χ4n) is 2.85. The molecule has 1 fully saturated rings. The number of nitrogens with zero attached hydrogens (tertiary/aromatic N) is 1. The van der Waals surface area contributed by atoms with Crippen molar-refractivity contribution < 1.29 is 18.7 Å². The van der Waals surface area contributed by atoms with Crippen LogP contribution in [0, 0.1) is 0 Å². The largest absolute Gasteiger partial charge is 0.465 e. The molecule has 136 valence electrons. The third-order valence-electron chi connectivity index (χ3n) is 4.36. The van der Waals surface area contributed by atoms with E-state index in [1.54, 1.807) is 24.3 Å². The van der Waals surface area contributed by atoms with Crippen LogP contribution in [0.25, 0.3) is 11.9 Å². The fourth-order valence-corrected chi connectivity index (χ4v) is 2.85. The van der Waals surface area contributed by atoms with Crippen LogP contribution in [-0.2, 0) is 16.0 Å². The highest BCUT2D eigenvalue weighted by Gasteiger charge is 2.10. The van der Waals surface area contributed by atoms with Crippen LogP contribution < -0.4 is 0 Å². The van der Waals surface area contributed by atoms with Crippen molar-refractivity contribution in [3.63, 3.8) is 0 Å². The zero-order valence-electron chi connectivity index (χ0n) is 14.8. The topological polar surface area (TPSA) is 38.8 Å². The van der Waals surface area contributed by atoms with Crippen molar-refractivity contribution in [3.05, 3.63) is 70.8 Å². The first-order valence-corrected chi connectivity index (χ1v) is 8.61. The van der Waals surface area contributed by atoms with Gasteiger partial charge in [0.15, 0.2) is 0 Å². The van der Waals surface area contributed by atoms with Gasteiger partial charge in [-0.2, -0.15) is 0 Å². The van der Waals surface area contributed by atoms with Crippen LogP contribution in [0.5, 0.6) is 0 Å². The van der Waals surface area contributed by atoms with Gasteiger partial charge in [0.25, 0.3) is 0 Å². The molecule has 0 radical (unpaired) electrons. The summed E-state index contributed by atoms with van der Waals surface area (Å²) in [6.07, 6.45) is 1.49. The Balaban J connectivity index is 1.65. The molecule has 3 rings (SSSR count). The maximum atomic E-state index is 14.4. The van der Waals surface area contributed by atoms with E-state index in [2.05, 4.69) is 9.64 Å². The average molecular weight is 355 g/mol. The summed E-state index contributed by atoms with van der Waals surface area (Å²) in [6.45, 7) is 4.32. The van der Waals surface area contributed by atoms with Crippen molar-refractivity contribution in [1.29, 1.82) is 0 Å².